The van der Waals surface area contributed by atoms with Crippen molar-refractivity contribution < 1.29 is 15.0 Å². The van der Waals surface area contributed by atoms with Crippen molar-refractivity contribution in [2.45, 2.75) is 6.10 Å². The van der Waals surface area contributed by atoms with Crippen molar-refractivity contribution >= 4 is 11.7 Å². The molecule has 1 rings (SSSR count). The maximum absolute atomic E-state index is 10.4. The van der Waals surface area contributed by atoms with E-state index in [0.717, 1.165) is 0 Å². The second-order valence-corrected chi connectivity index (χ2v) is 2.51. The number of hydrogen-bond acceptors (Lipinski definition) is 4. The Labute approximate surface area is 74.8 Å². The average Bonchev–Trinajstić information content (AvgIpc) is 2.17. The highest BCUT2D eigenvalue weighted by Gasteiger charge is 2.14. The standard InChI is InChI=1S/C8H10N2O3/c9-10-6-3-1-5(2-4-6)7(11)8(12)13/h1-4,7,10-11H,9H2,(H,12,13)/t7-/m1/s1. The Hall–Kier alpha value is -1.59. The molecule has 0 saturated carbocycles. The zero-order valence-corrected chi connectivity index (χ0v) is 6.77. The number of aliphatic hydroxyl groups excluding tert-OH is 1. The Bertz CT molecular complexity index is 297. The fourth-order valence-electron chi connectivity index (χ4n) is 0.904. The molecule has 1 atom stereocenters. The summed E-state index contributed by atoms with van der Waals surface area (Å²) in [5.41, 5.74) is 3.37. The Morgan fingerprint density at radius 1 is 1.38 bits per heavy atom. The molecule has 0 saturated heterocycles. The first-order valence-electron chi connectivity index (χ1n) is 3.62. The number of hydrazine groups is 1. The maximum atomic E-state index is 10.4. The average molecular weight is 182 g/mol. The molecule has 0 fully saturated rings. The van der Waals surface area contributed by atoms with E-state index in [-0.39, 0.29) is 0 Å². The lowest BCUT2D eigenvalue weighted by Crippen LogP contribution is -2.11. The van der Waals surface area contributed by atoms with Crippen LogP contribution in [0.3, 0.4) is 0 Å². The quantitative estimate of drug-likeness (QED) is 0.392. The molecule has 0 amide bonds. The predicted molar refractivity (Wildman–Crippen MR) is 46.8 cm³/mol. The molecule has 70 valence electrons. The van der Waals surface area contributed by atoms with Crippen LogP contribution in [0.4, 0.5) is 5.69 Å². The third-order valence-corrected chi connectivity index (χ3v) is 1.63. The third kappa shape index (κ3) is 2.17. The Balaban J connectivity index is 2.85. The number of aliphatic hydroxyl groups is 1. The number of benzene rings is 1. The van der Waals surface area contributed by atoms with Crippen LogP contribution in [0, 0.1) is 0 Å². The number of nitrogens with one attached hydrogen (secondary N) is 1. The molecule has 5 N–H and O–H groups in total. The van der Waals surface area contributed by atoms with E-state index in [1.165, 1.54) is 12.1 Å². The molecule has 1 aromatic carbocycles. The molecule has 0 aromatic heterocycles. The van der Waals surface area contributed by atoms with Gasteiger partial charge in [0.1, 0.15) is 0 Å². The summed E-state index contributed by atoms with van der Waals surface area (Å²) in [4.78, 5) is 10.4. The summed E-state index contributed by atoms with van der Waals surface area (Å²) in [7, 11) is 0. The Kier molecular flexibility index (Phi) is 2.84. The SMILES string of the molecule is NNc1ccc([C@@H](O)C(=O)O)cc1. The lowest BCUT2D eigenvalue weighted by molar-refractivity contribution is -0.146. The largest absolute Gasteiger partial charge is 0.479 e. The number of carbonyl (C=O) groups is 1. The van der Waals surface area contributed by atoms with Gasteiger partial charge in [0.05, 0.1) is 0 Å². The number of nitrogens with two attached hydrogens (primary N) is 1. The van der Waals surface area contributed by atoms with Crippen LogP contribution in [0.25, 0.3) is 0 Å². The highest BCUT2D eigenvalue weighted by Crippen LogP contribution is 2.15. The van der Waals surface area contributed by atoms with Gasteiger partial charge in [0.25, 0.3) is 0 Å². The fourth-order valence-corrected chi connectivity index (χ4v) is 0.904. The summed E-state index contributed by atoms with van der Waals surface area (Å²) >= 11 is 0. The van der Waals surface area contributed by atoms with E-state index in [1.807, 2.05) is 0 Å². The van der Waals surface area contributed by atoms with Gasteiger partial charge in [-0.25, -0.2) is 4.79 Å². The number of aliphatic carboxylic acids is 1. The first kappa shape index (κ1) is 9.50. The van der Waals surface area contributed by atoms with Gasteiger partial charge in [-0.3, -0.25) is 5.84 Å². The Morgan fingerprint density at radius 3 is 2.31 bits per heavy atom. The molecule has 1 aromatic rings. The molecule has 0 heterocycles. The number of rotatable bonds is 3. The van der Waals surface area contributed by atoms with Crippen molar-refractivity contribution in [1.82, 2.24) is 0 Å². The van der Waals surface area contributed by atoms with E-state index in [1.54, 1.807) is 12.1 Å². The van der Waals surface area contributed by atoms with Gasteiger partial charge in [-0.15, -0.1) is 0 Å². The summed E-state index contributed by atoms with van der Waals surface area (Å²) in [6.45, 7) is 0. The molecule has 0 aliphatic carbocycles. The smallest absolute Gasteiger partial charge is 0.337 e. The zero-order valence-electron chi connectivity index (χ0n) is 6.77. The summed E-state index contributed by atoms with van der Waals surface area (Å²) in [6.07, 6.45) is -1.48. The monoisotopic (exact) mass is 182 g/mol. The van der Waals surface area contributed by atoms with Crippen molar-refractivity contribution in [3.63, 3.8) is 0 Å². The van der Waals surface area contributed by atoms with Crippen molar-refractivity contribution in [3.8, 4) is 0 Å². The van der Waals surface area contributed by atoms with E-state index < -0.39 is 12.1 Å². The van der Waals surface area contributed by atoms with Crippen molar-refractivity contribution in [2.75, 3.05) is 5.43 Å². The van der Waals surface area contributed by atoms with Crippen molar-refractivity contribution in [1.29, 1.82) is 0 Å². The topological polar surface area (TPSA) is 95.6 Å². The van der Waals surface area contributed by atoms with Gasteiger partial charge in [-0.1, -0.05) is 12.1 Å². The molecule has 0 unspecified atom stereocenters. The lowest BCUT2D eigenvalue weighted by atomic mass is 10.1. The molecule has 5 heteroatoms. The van der Waals surface area contributed by atoms with E-state index in [2.05, 4.69) is 5.43 Å². The predicted octanol–water partition coefficient (Wildman–Crippen LogP) is 0.0902. The molecule has 0 aliphatic rings. The molecule has 5 nitrogen and oxygen atoms in total. The van der Waals surface area contributed by atoms with Crippen LogP contribution in [-0.4, -0.2) is 16.2 Å². The van der Waals surface area contributed by atoms with E-state index >= 15 is 0 Å². The normalized spacial score (nSPS) is 12.2. The van der Waals surface area contributed by atoms with E-state index in [4.69, 9.17) is 16.1 Å². The van der Waals surface area contributed by atoms with Crippen LogP contribution in [0.15, 0.2) is 24.3 Å². The molecular formula is C8H10N2O3. The van der Waals surface area contributed by atoms with Gasteiger partial charge in [0, 0.05) is 5.69 Å². The van der Waals surface area contributed by atoms with Crippen molar-refractivity contribution in [2.24, 2.45) is 5.84 Å². The zero-order chi connectivity index (χ0) is 9.84. The third-order valence-electron chi connectivity index (χ3n) is 1.63. The van der Waals surface area contributed by atoms with Gasteiger partial charge in [-0.2, -0.15) is 0 Å². The fraction of sp³-hybridized carbons (Fsp3) is 0.125. The second-order valence-electron chi connectivity index (χ2n) is 2.51. The van der Waals surface area contributed by atoms with Crippen LogP contribution in [-0.2, 0) is 4.79 Å². The van der Waals surface area contributed by atoms with Gasteiger partial charge < -0.3 is 15.6 Å². The number of carboxylic acid groups (broad SMARTS) is 1. The summed E-state index contributed by atoms with van der Waals surface area (Å²) < 4.78 is 0. The molecule has 0 bridgehead atoms. The molecule has 0 spiro atoms. The first-order chi connectivity index (χ1) is 6.15. The maximum Gasteiger partial charge on any atom is 0.337 e. The van der Waals surface area contributed by atoms with Crippen LogP contribution >= 0.6 is 0 Å². The molecule has 13 heavy (non-hydrogen) atoms. The molecular weight excluding hydrogens is 172 g/mol. The summed E-state index contributed by atoms with van der Waals surface area (Å²) in [5.74, 6) is 3.84. The molecule has 0 radical (unpaired) electrons. The van der Waals surface area contributed by atoms with Crippen LogP contribution in [0.1, 0.15) is 11.7 Å². The van der Waals surface area contributed by atoms with Crippen molar-refractivity contribution in [3.05, 3.63) is 29.8 Å². The summed E-state index contributed by atoms with van der Waals surface area (Å²) in [5, 5.41) is 17.6. The highest BCUT2D eigenvalue weighted by atomic mass is 16.4. The second kappa shape index (κ2) is 3.88. The van der Waals surface area contributed by atoms with Crippen LogP contribution in [0.2, 0.25) is 0 Å². The van der Waals surface area contributed by atoms with Gasteiger partial charge in [-0.05, 0) is 17.7 Å². The first-order valence-corrected chi connectivity index (χ1v) is 3.62. The highest BCUT2D eigenvalue weighted by molar-refractivity contribution is 5.74. The van der Waals surface area contributed by atoms with E-state index in [0.29, 0.717) is 11.3 Å². The molecule has 0 aliphatic heterocycles. The van der Waals surface area contributed by atoms with Crippen LogP contribution in [0.5, 0.6) is 0 Å². The number of nitrogen functional groups attached to an aromatic ring is 1. The Morgan fingerprint density at radius 2 is 1.92 bits per heavy atom. The number of hydrogen-bond donors (Lipinski definition) is 4. The van der Waals surface area contributed by atoms with Gasteiger partial charge in [0.15, 0.2) is 6.10 Å². The minimum absolute atomic E-state index is 0.325. The minimum atomic E-state index is -1.48. The summed E-state index contributed by atoms with van der Waals surface area (Å²) in [6, 6.07) is 6.16. The number of carboxylic acids is 1. The van der Waals surface area contributed by atoms with Crippen LogP contribution < -0.4 is 11.3 Å². The number of anilines is 1. The van der Waals surface area contributed by atoms with Gasteiger partial charge >= 0.3 is 5.97 Å². The van der Waals surface area contributed by atoms with Gasteiger partial charge in [0.2, 0.25) is 0 Å². The minimum Gasteiger partial charge on any atom is -0.479 e. The van der Waals surface area contributed by atoms with E-state index in [9.17, 15) is 4.79 Å². The lowest BCUT2D eigenvalue weighted by Gasteiger charge is -2.06.